The van der Waals surface area contributed by atoms with E-state index in [0.717, 1.165) is 0 Å². The number of hydrogen-bond acceptors (Lipinski definition) is 1. The van der Waals surface area contributed by atoms with E-state index in [9.17, 15) is 4.79 Å². The van der Waals surface area contributed by atoms with E-state index >= 15 is 0 Å². The van der Waals surface area contributed by atoms with Gasteiger partial charge in [0.15, 0.2) is 0 Å². The molecule has 0 atom stereocenters. The van der Waals surface area contributed by atoms with Crippen molar-refractivity contribution in [1.29, 1.82) is 0 Å². The van der Waals surface area contributed by atoms with Crippen LogP contribution in [0.4, 0.5) is 0 Å². The number of rotatable bonds is 2. The van der Waals surface area contributed by atoms with E-state index in [2.05, 4.69) is 5.32 Å². The Labute approximate surface area is 77.2 Å². The molecule has 0 aliphatic rings. The molecule has 0 bridgehead atoms. The average Bonchev–Trinajstić information content (AvgIpc) is 1.53. The monoisotopic (exact) mass is 197 g/mol. The van der Waals surface area contributed by atoms with Gasteiger partial charge in [0, 0.05) is 5.54 Å². The summed E-state index contributed by atoms with van der Waals surface area (Å²) in [6.07, 6.45) is 0.153. The largest absolute Gasteiger partial charge is 0.351 e. The van der Waals surface area contributed by atoms with Crippen LogP contribution in [-0.2, 0) is 4.79 Å². The van der Waals surface area contributed by atoms with Gasteiger partial charge in [-0.05, 0) is 20.8 Å². The Bertz CT molecular complexity index is 140. The second-order valence-electron chi connectivity index (χ2n) is 3.39. The molecule has 0 rings (SSSR count). The zero-order valence-electron chi connectivity index (χ0n) is 6.95. The third-order valence-corrected chi connectivity index (χ3v) is 1.16. The number of amides is 1. The fraction of sp³-hybridized carbons (Fsp3) is 0.857. The molecule has 2 nitrogen and oxygen atoms in total. The minimum atomic E-state index is -0.614. The molecule has 1 N–H and O–H groups in total. The summed E-state index contributed by atoms with van der Waals surface area (Å²) < 4.78 is 0. The van der Waals surface area contributed by atoms with Crippen LogP contribution in [0, 0.1) is 0 Å². The first kappa shape index (κ1) is 11.1. The Kier molecular flexibility index (Phi) is 4.19. The minimum absolute atomic E-state index is 0.118. The van der Waals surface area contributed by atoms with Crippen molar-refractivity contribution in [3.63, 3.8) is 0 Å². The molecule has 0 heterocycles. The van der Waals surface area contributed by atoms with Crippen LogP contribution in [0.25, 0.3) is 0 Å². The number of halogens is 2. The second kappa shape index (κ2) is 4.17. The van der Waals surface area contributed by atoms with Gasteiger partial charge in [0.2, 0.25) is 5.91 Å². The predicted octanol–water partition coefficient (Wildman–Crippen LogP) is 2.09. The second-order valence-corrected chi connectivity index (χ2v) is 4.67. The molecule has 0 aromatic rings. The third kappa shape index (κ3) is 7.95. The molecule has 0 aromatic heterocycles. The van der Waals surface area contributed by atoms with Crippen LogP contribution >= 0.6 is 23.2 Å². The maximum absolute atomic E-state index is 11.0. The van der Waals surface area contributed by atoms with Gasteiger partial charge in [-0.15, -0.1) is 23.2 Å². The van der Waals surface area contributed by atoms with Gasteiger partial charge in [-0.2, -0.15) is 0 Å². The lowest BCUT2D eigenvalue weighted by atomic mass is 10.1. The van der Waals surface area contributed by atoms with Crippen LogP contribution in [0.5, 0.6) is 0 Å². The molecule has 0 unspecified atom stereocenters. The Morgan fingerprint density at radius 3 is 2.18 bits per heavy atom. The van der Waals surface area contributed by atoms with Gasteiger partial charge in [0.25, 0.3) is 0 Å². The van der Waals surface area contributed by atoms with Gasteiger partial charge < -0.3 is 5.32 Å². The highest BCUT2D eigenvalue weighted by Gasteiger charge is 2.15. The first-order chi connectivity index (χ1) is 4.81. The number of hydrogen-bond donors (Lipinski definition) is 1. The summed E-state index contributed by atoms with van der Waals surface area (Å²) in [5.74, 6) is -0.118. The molecule has 11 heavy (non-hydrogen) atoms. The zero-order valence-corrected chi connectivity index (χ0v) is 8.46. The maximum Gasteiger partial charge on any atom is 0.223 e. The fourth-order valence-corrected chi connectivity index (χ4v) is 0.890. The van der Waals surface area contributed by atoms with Gasteiger partial charge in [0.05, 0.1) is 6.42 Å². The van der Waals surface area contributed by atoms with Crippen molar-refractivity contribution < 1.29 is 4.79 Å². The van der Waals surface area contributed by atoms with Gasteiger partial charge in [-0.1, -0.05) is 0 Å². The Morgan fingerprint density at radius 1 is 1.45 bits per heavy atom. The maximum atomic E-state index is 11.0. The van der Waals surface area contributed by atoms with Crippen LogP contribution in [0.2, 0.25) is 0 Å². The van der Waals surface area contributed by atoms with Gasteiger partial charge in [-0.25, -0.2) is 0 Å². The van der Waals surface area contributed by atoms with E-state index in [1.807, 2.05) is 20.8 Å². The zero-order chi connectivity index (χ0) is 9.07. The van der Waals surface area contributed by atoms with Crippen molar-refractivity contribution in [2.24, 2.45) is 0 Å². The van der Waals surface area contributed by atoms with E-state index in [1.54, 1.807) is 0 Å². The molecule has 0 spiro atoms. The van der Waals surface area contributed by atoms with E-state index in [4.69, 9.17) is 23.2 Å². The Morgan fingerprint density at radius 2 is 1.91 bits per heavy atom. The van der Waals surface area contributed by atoms with Crippen molar-refractivity contribution in [2.75, 3.05) is 0 Å². The number of carbonyl (C=O) groups is 1. The fourth-order valence-electron chi connectivity index (χ4n) is 0.609. The van der Waals surface area contributed by atoms with Gasteiger partial charge >= 0.3 is 0 Å². The summed E-state index contributed by atoms with van der Waals surface area (Å²) >= 11 is 10.8. The van der Waals surface area contributed by atoms with Gasteiger partial charge in [-0.3, -0.25) is 4.79 Å². The molecule has 0 aliphatic heterocycles. The molecule has 4 heteroatoms. The molecule has 66 valence electrons. The number of alkyl halides is 2. The van der Waals surface area contributed by atoms with Gasteiger partial charge in [0.1, 0.15) is 4.84 Å². The first-order valence-corrected chi connectivity index (χ1v) is 4.28. The molecule has 0 aromatic carbocycles. The SMILES string of the molecule is CC(C)(C)NC(=O)CC(Cl)Cl. The predicted molar refractivity (Wildman–Crippen MR) is 48.0 cm³/mol. The van der Waals surface area contributed by atoms with Crippen molar-refractivity contribution in [3.8, 4) is 0 Å². The Hall–Kier alpha value is 0.0500. The van der Waals surface area contributed by atoms with Crippen LogP contribution in [0.1, 0.15) is 27.2 Å². The summed E-state index contributed by atoms with van der Waals surface area (Å²) in [5, 5.41) is 2.74. The van der Waals surface area contributed by atoms with Crippen molar-refractivity contribution in [2.45, 2.75) is 37.6 Å². The molecular formula is C7H13Cl2NO. The van der Waals surface area contributed by atoms with E-state index < -0.39 is 4.84 Å². The summed E-state index contributed by atoms with van der Waals surface area (Å²) in [6, 6.07) is 0. The molecule has 0 aliphatic carbocycles. The summed E-state index contributed by atoms with van der Waals surface area (Å²) in [7, 11) is 0. The highest BCUT2D eigenvalue weighted by Crippen LogP contribution is 2.08. The van der Waals surface area contributed by atoms with Crippen molar-refractivity contribution in [1.82, 2.24) is 5.32 Å². The van der Waals surface area contributed by atoms with Crippen molar-refractivity contribution in [3.05, 3.63) is 0 Å². The van der Waals surface area contributed by atoms with E-state index in [1.165, 1.54) is 0 Å². The molecular weight excluding hydrogens is 185 g/mol. The Balaban J connectivity index is 3.71. The highest BCUT2D eigenvalue weighted by atomic mass is 35.5. The van der Waals surface area contributed by atoms with E-state index in [-0.39, 0.29) is 17.9 Å². The lowest BCUT2D eigenvalue weighted by Gasteiger charge is -2.20. The van der Waals surface area contributed by atoms with E-state index in [0.29, 0.717) is 0 Å². The van der Waals surface area contributed by atoms with Crippen molar-refractivity contribution >= 4 is 29.1 Å². The van der Waals surface area contributed by atoms with Crippen LogP contribution in [0.15, 0.2) is 0 Å². The van der Waals surface area contributed by atoms with Crippen LogP contribution in [-0.4, -0.2) is 16.3 Å². The third-order valence-electron chi connectivity index (χ3n) is 0.854. The summed E-state index contributed by atoms with van der Waals surface area (Å²) in [4.78, 5) is 10.4. The molecule has 0 radical (unpaired) electrons. The molecule has 1 amide bonds. The average molecular weight is 198 g/mol. The molecule has 0 saturated carbocycles. The first-order valence-electron chi connectivity index (χ1n) is 3.40. The highest BCUT2D eigenvalue weighted by molar-refractivity contribution is 6.45. The molecule has 0 fully saturated rings. The summed E-state index contributed by atoms with van der Waals surface area (Å²) in [5.41, 5.74) is -0.209. The number of carbonyl (C=O) groups excluding carboxylic acids is 1. The number of nitrogens with one attached hydrogen (secondary N) is 1. The lowest BCUT2D eigenvalue weighted by Crippen LogP contribution is -2.41. The summed E-state index contributed by atoms with van der Waals surface area (Å²) in [6.45, 7) is 5.72. The topological polar surface area (TPSA) is 29.1 Å². The van der Waals surface area contributed by atoms with Crippen LogP contribution < -0.4 is 5.32 Å². The molecule has 0 saturated heterocycles. The minimum Gasteiger partial charge on any atom is -0.351 e. The van der Waals surface area contributed by atoms with Crippen LogP contribution in [0.3, 0.4) is 0 Å². The smallest absolute Gasteiger partial charge is 0.223 e. The standard InChI is InChI=1S/C7H13Cl2NO/c1-7(2,3)10-6(11)4-5(8)9/h5H,4H2,1-3H3,(H,10,11). The quantitative estimate of drug-likeness (QED) is 0.676. The normalized spacial score (nSPS) is 11.8. The lowest BCUT2D eigenvalue weighted by molar-refractivity contribution is -0.122.